The molecule has 0 radical (unpaired) electrons. The summed E-state index contributed by atoms with van der Waals surface area (Å²) in [5, 5.41) is 11.3. The van der Waals surface area contributed by atoms with Crippen molar-refractivity contribution >= 4 is 23.1 Å². The summed E-state index contributed by atoms with van der Waals surface area (Å²) in [6, 6.07) is 17.9. The Hall–Kier alpha value is -4.46. The summed E-state index contributed by atoms with van der Waals surface area (Å²) in [7, 11) is 3.04. The Morgan fingerprint density at radius 2 is 1.57 bits per heavy atom. The van der Waals surface area contributed by atoms with Gasteiger partial charge < -0.3 is 24.1 Å². The molecule has 5 rings (SSSR count). The van der Waals surface area contributed by atoms with Crippen LogP contribution in [0.15, 0.2) is 72.3 Å². The van der Waals surface area contributed by atoms with Crippen LogP contribution in [0, 0.1) is 0 Å². The van der Waals surface area contributed by atoms with Gasteiger partial charge in [0.15, 0.2) is 11.5 Å². The molecular weight excluding hydrogens is 450 g/mol. The first-order chi connectivity index (χ1) is 17.0. The number of carbonyl (C=O) groups excluding carboxylic acids is 2. The van der Waals surface area contributed by atoms with Crippen LogP contribution in [0.2, 0.25) is 0 Å². The molecule has 1 N–H and O–H groups in total. The number of ether oxygens (including phenoxy) is 4. The van der Waals surface area contributed by atoms with Crippen molar-refractivity contribution in [3.63, 3.8) is 0 Å². The monoisotopic (exact) mass is 473 g/mol. The molecule has 1 atom stereocenters. The van der Waals surface area contributed by atoms with Crippen molar-refractivity contribution in [3.8, 4) is 23.0 Å². The molecule has 1 amide bonds. The Balaban J connectivity index is 1.71. The van der Waals surface area contributed by atoms with Gasteiger partial charge >= 0.3 is 0 Å². The Kier molecular flexibility index (Phi) is 5.78. The molecule has 8 nitrogen and oxygen atoms in total. The zero-order chi connectivity index (χ0) is 24.5. The van der Waals surface area contributed by atoms with Crippen molar-refractivity contribution in [2.24, 2.45) is 0 Å². The smallest absolute Gasteiger partial charge is 0.300 e. The van der Waals surface area contributed by atoms with Gasteiger partial charge in [0.1, 0.15) is 30.5 Å². The van der Waals surface area contributed by atoms with Crippen LogP contribution in [0.5, 0.6) is 23.0 Å². The van der Waals surface area contributed by atoms with Gasteiger partial charge in [-0.05, 0) is 42.0 Å². The summed E-state index contributed by atoms with van der Waals surface area (Å²) in [6.45, 7) is 0.811. The van der Waals surface area contributed by atoms with E-state index < -0.39 is 17.7 Å². The van der Waals surface area contributed by atoms with Crippen molar-refractivity contribution in [3.05, 3.63) is 83.4 Å². The molecule has 1 fully saturated rings. The third-order valence-electron chi connectivity index (χ3n) is 6.00. The van der Waals surface area contributed by atoms with Crippen LogP contribution < -0.4 is 23.8 Å². The molecule has 2 heterocycles. The molecule has 1 saturated heterocycles. The highest BCUT2D eigenvalue weighted by Gasteiger charge is 2.47. The van der Waals surface area contributed by atoms with E-state index in [2.05, 4.69) is 0 Å². The van der Waals surface area contributed by atoms with E-state index in [0.29, 0.717) is 53.0 Å². The Labute approximate surface area is 201 Å². The van der Waals surface area contributed by atoms with Crippen LogP contribution in [-0.2, 0) is 9.59 Å². The highest BCUT2D eigenvalue weighted by atomic mass is 16.6. The van der Waals surface area contributed by atoms with E-state index in [-0.39, 0.29) is 11.3 Å². The molecule has 0 bridgehead atoms. The van der Waals surface area contributed by atoms with Gasteiger partial charge in [0.2, 0.25) is 0 Å². The van der Waals surface area contributed by atoms with Crippen LogP contribution in [0.3, 0.4) is 0 Å². The molecule has 8 heteroatoms. The number of benzene rings is 3. The average molecular weight is 473 g/mol. The van der Waals surface area contributed by atoms with E-state index in [0.717, 1.165) is 0 Å². The van der Waals surface area contributed by atoms with Gasteiger partial charge in [-0.1, -0.05) is 24.3 Å². The minimum Gasteiger partial charge on any atom is -0.507 e. The number of hydrogen-bond donors (Lipinski definition) is 1. The van der Waals surface area contributed by atoms with E-state index in [9.17, 15) is 14.7 Å². The number of ketones is 1. The van der Waals surface area contributed by atoms with Gasteiger partial charge in [-0.25, -0.2) is 0 Å². The predicted octanol–water partition coefficient (Wildman–Crippen LogP) is 4.10. The molecule has 1 unspecified atom stereocenters. The normalized spacial score (nSPS) is 18.5. The number of aliphatic hydroxyl groups excluding tert-OH is 1. The number of rotatable bonds is 5. The lowest BCUT2D eigenvalue weighted by Gasteiger charge is -2.27. The Bertz CT molecular complexity index is 1350. The lowest BCUT2D eigenvalue weighted by molar-refractivity contribution is -0.132. The number of Topliss-reactive ketones (excluding diaryl/α,β-unsaturated/α-hetero) is 1. The number of fused-ring (bicyclic) bond motifs is 1. The first-order valence-corrected chi connectivity index (χ1v) is 11.0. The van der Waals surface area contributed by atoms with E-state index in [1.165, 1.54) is 19.1 Å². The first kappa shape index (κ1) is 22.3. The predicted molar refractivity (Wildman–Crippen MR) is 128 cm³/mol. The summed E-state index contributed by atoms with van der Waals surface area (Å²) in [5.41, 5.74) is 1.36. The number of anilines is 1. The third-order valence-corrected chi connectivity index (χ3v) is 6.00. The fraction of sp³-hybridized carbons (Fsp3) is 0.185. The van der Waals surface area contributed by atoms with Crippen molar-refractivity contribution < 1.29 is 33.6 Å². The van der Waals surface area contributed by atoms with Crippen LogP contribution in [-0.4, -0.2) is 44.2 Å². The maximum absolute atomic E-state index is 13.4. The maximum Gasteiger partial charge on any atom is 0.300 e. The quantitative estimate of drug-likeness (QED) is 0.339. The zero-order valence-electron chi connectivity index (χ0n) is 19.2. The molecule has 0 spiro atoms. The zero-order valence-corrected chi connectivity index (χ0v) is 19.2. The van der Waals surface area contributed by atoms with Crippen LogP contribution in [0.1, 0.15) is 17.2 Å². The minimum atomic E-state index is -0.904. The van der Waals surface area contributed by atoms with Crippen LogP contribution in [0.25, 0.3) is 5.76 Å². The SMILES string of the molecule is COc1cccc(/C(O)=C2\C(=O)C(=O)N(c3ccc4c(c3)OCCO4)C2c2cccc(OC)c2)c1. The third kappa shape index (κ3) is 3.93. The van der Waals surface area contributed by atoms with Gasteiger partial charge in [0, 0.05) is 17.3 Å². The van der Waals surface area contributed by atoms with Crippen molar-refractivity contribution in [1.29, 1.82) is 0 Å². The number of carbonyl (C=O) groups is 2. The summed E-state index contributed by atoms with van der Waals surface area (Å²) in [5.74, 6) is 0.241. The molecule has 2 aliphatic rings. The molecule has 35 heavy (non-hydrogen) atoms. The molecule has 178 valence electrons. The maximum atomic E-state index is 13.4. The first-order valence-electron chi connectivity index (χ1n) is 11.0. The van der Waals surface area contributed by atoms with Crippen molar-refractivity contribution in [1.82, 2.24) is 0 Å². The van der Waals surface area contributed by atoms with E-state index in [1.54, 1.807) is 66.7 Å². The lowest BCUT2D eigenvalue weighted by Crippen LogP contribution is -2.29. The van der Waals surface area contributed by atoms with Crippen LogP contribution in [0.4, 0.5) is 5.69 Å². The summed E-state index contributed by atoms with van der Waals surface area (Å²) < 4.78 is 21.9. The Morgan fingerprint density at radius 1 is 0.886 bits per heavy atom. The molecule has 3 aromatic rings. The largest absolute Gasteiger partial charge is 0.507 e. The second-order valence-corrected chi connectivity index (χ2v) is 8.01. The number of amides is 1. The second kappa shape index (κ2) is 9.06. The number of hydrogen-bond acceptors (Lipinski definition) is 7. The highest BCUT2D eigenvalue weighted by Crippen LogP contribution is 2.45. The molecule has 0 aliphatic carbocycles. The second-order valence-electron chi connectivity index (χ2n) is 8.01. The number of nitrogens with zero attached hydrogens (tertiary/aromatic N) is 1. The molecular formula is C27H23NO7. The number of methoxy groups -OCH3 is 2. The van der Waals surface area contributed by atoms with E-state index in [1.807, 2.05) is 0 Å². The van der Waals surface area contributed by atoms with Crippen molar-refractivity contribution in [2.45, 2.75) is 6.04 Å². The molecule has 0 saturated carbocycles. The lowest BCUT2D eigenvalue weighted by atomic mass is 9.95. The standard InChI is InChI=1S/C27H23NO7/c1-32-19-7-3-5-16(13-19)24-23(25(29)17-6-4-8-20(14-17)33-2)26(30)27(31)28(24)18-9-10-21-22(15-18)35-12-11-34-21/h3-10,13-15,24,29H,11-12H2,1-2H3/b25-23+. The fourth-order valence-corrected chi connectivity index (χ4v) is 4.33. The van der Waals surface area contributed by atoms with Gasteiger partial charge in [0.25, 0.3) is 11.7 Å². The van der Waals surface area contributed by atoms with Gasteiger partial charge in [-0.3, -0.25) is 14.5 Å². The van der Waals surface area contributed by atoms with E-state index >= 15 is 0 Å². The van der Waals surface area contributed by atoms with Crippen molar-refractivity contribution in [2.75, 3.05) is 32.3 Å². The highest BCUT2D eigenvalue weighted by molar-refractivity contribution is 6.51. The van der Waals surface area contributed by atoms with Gasteiger partial charge in [0.05, 0.1) is 25.8 Å². The fourth-order valence-electron chi connectivity index (χ4n) is 4.33. The van der Waals surface area contributed by atoms with Gasteiger partial charge in [-0.2, -0.15) is 0 Å². The summed E-state index contributed by atoms with van der Waals surface area (Å²) >= 11 is 0. The summed E-state index contributed by atoms with van der Waals surface area (Å²) in [4.78, 5) is 28.1. The molecule has 0 aromatic heterocycles. The Morgan fingerprint density at radius 3 is 2.31 bits per heavy atom. The molecule has 2 aliphatic heterocycles. The van der Waals surface area contributed by atoms with E-state index in [4.69, 9.17) is 18.9 Å². The molecule has 3 aromatic carbocycles. The minimum absolute atomic E-state index is 0.0357. The average Bonchev–Trinajstić information content (AvgIpc) is 3.18. The number of aliphatic hydroxyl groups is 1. The summed E-state index contributed by atoms with van der Waals surface area (Å²) in [6.07, 6.45) is 0. The van der Waals surface area contributed by atoms with Crippen LogP contribution >= 0.6 is 0 Å². The van der Waals surface area contributed by atoms with Gasteiger partial charge in [-0.15, -0.1) is 0 Å². The topological polar surface area (TPSA) is 94.5 Å².